The Bertz CT molecular complexity index is 336. The van der Waals surface area contributed by atoms with Gasteiger partial charge in [-0.05, 0) is 12.8 Å². The molecule has 112 valence electrons. The lowest BCUT2D eigenvalue weighted by Gasteiger charge is -2.30. The lowest BCUT2D eigenvalue weighted by atomic mass is 9.78. The van der Waals surface area contributed by atoms with E-state index >= 15 is 0 Å². The van der Waals surface area contributed by atoms with E-state index in [1.54, 1.807) is 0 Å². The number of allylic oxidation sites excluding steroid dienone is 1. The van der Waals surface area contributed by atoms with E-state index in [-0.39, 0.29) is 30.0 Å². The molecule has 3 fully saturated rings. The van der Waals surface area contributed by atoms with Crippen molar-refractivity contribution in [3.05, 3.63) is 12.3 Å². The molecule has 0 aromatic heterocycles. The maximum atomic E-state index is 12.2. The maximum absolute atomic E-state index is 12.2. The van der Waals surface area contributed by atoms with Gasteiger partial charge >= 0.3 is 5.97 Å². The van der Waals surface area contributed by atoms with E-state index in [1.807, 2.05) is 0 Å². The lowest BCUT2D eigenvalue weighted by molar-refractivity contribution is -0.152. The average molecular weight is 282 g/mol. The van der Waals surface area contributed by atoms with Crippen LogP contribution in [0.5, 0.6) is 0 Å². The van der Waals surface area contributed by atoms with Gasteiger partial charge in [-0.3, -0.25) is 4.79 Å². The molecular weight excluding hydrogens is 260 g/mol. The zero-order valence-electron chi connectivity index (χ0n) is 11.7. The first kappa shape index (κ1) is 13.9. The second kappa shape index (κ2) is 6.14. The van der Waals surface area contributed by atoms with E-state index in [4.69, 9.17) is 18.9 Å². The van der Waals surface area contributed by atoms with Crippen LogP contribution in [0.3, 0.4) is 0 Å². The number of ether oxygens (including phenoxy) is 4. The van der Waals surface area contributed by atoms with Gasteiger partial charge in [-0.1, -0.05) is 19.4 Å². The minimum atomic E-state index is -0.127. The minimum absolute atomic E-state index is 0.0788. The summed E-state index contributed by atoms with van der Waals surface area (Å²) in [5.41, 5.74) is 0. The highest BCUT2D eigenvalue weighted by Crippen LogP contribution is 2.36. The smallest absolute Gasteiger partial charge is 0.309 e. The number of hydrogen-bond donors (Lipinski definition) is 0. The first-order valence-electron chi connectivity index (χ1n) is 7.45. The predicted molar refractivity (Wildman–Crippen MR) is 71.0 cm³/mol. The Morgan fingerprint density at radius 3 is 2.15 bits per heavy atom. The molecule has 2 heterocycles. The van der Waals surface area contributed by atoms with Crippen LogP contribution in [0.25, 0.3) is 0 Å². The minimum Gasteiger partial charge on any atom is -0.495 e. The number of hydrogen-bond acceptors (Lipinski definition) is 5. The van der Waals surface area contributed by atoms with E-state index in [2.05, 4.69) is 6.58 Å². The highest BCUT2D eigenvalue weighted by atomic mass is 16.6. The molecule has 0 spiro atoms. The molecule has 0 aromatic carbocycles. The first-order valence-corrected chi connectivity index (χ1v) is 7.45. The van der Waals surface area contributed by atoms with E-state index in [0.29, 0.717) is 25.6 Å². The molecule has 0 bridgehead atoms. The molecule has 5 heteroatoms. The van der Waals surface area contributed by atoms with Crippen molar-refractivity contribution < 1.29 is 23.7 Å². The van der Waals surface area contributed by atoms with Gasteiger partial charge in [-0.15, -0.1) is 0 Å². The van der Waals surface area contributed by atoms with Crippen LogP contribution in [-0.2, 0) is 23.7 Å². The van der Waals surface area contributed by atoms with Gasteiger partial charge in [-0.2, -0.15) is 0 Å². The standard InChI is InChI=1S/C15H22O5/c1-10(17-6-11-7-18-11)13-4-2-3-5-14(13)15(16)20-9-12-8-19-12/h11-14H,1-9H2. The van der Waals surface area contributed by atoms with Crippen LogP contribution in [0.4, 0.5) is 0 Å². The van der Waals surface area contributed by atoms with Crippen molar-refractivity contribution in [1.29, 1.82) is 0 Å². The highest BCUT2D eigenvalue weighted by molar-refractivity contribution is 5.73. The third kappa shape index (κ3) is 3.73. The Morgan fingerprint density at radius 1 is 1.00 bits per heavy atom. The summed E-state index contributed by atoms with van der Waals surface area (Å²) in [5.74, 6) is 0.549. The van der Waals surface area contributed by atoms with Gasteiger partial charge in [0.1, 0.15) is 25.4 Å². The van der Waals surface area contributed by atoms with Crippen LogP contribution in [0.1, 0.15) is 25.7 Å². The molecule has 1 saturated carbocycles. The summed E-state index contributed by atoms with van der Waals surface area (Å²) in [4.78, 5) is 12.2. The van der Waals surface area contributed by atoms with Gasteiger partial charge < -0.3 is 18.9 Å². The zero-order chi connectivity index (χ0) is 13.9. The van der Waals surface area contributed by atoms with Crippen molar-refractivity contribution in [3.63, 3.8) is 0 Å². The van der Waals surface area contributed by atoms with E-state index in [0.717, 1.165) is 32.3 Å². The van der Waals surface area contributed by atoms with Crippen molar-refractivity contribution in [1.82, 2.24) is 0 Å². The van der Waals surface area contributed by atoms with Crippen molar-refractivity contribution in [3.8, 4) is 0 Å². The van der Waals surface area contributed by atoms with Crippen molar-refractivity contribution in [2.75, 3.05) is 26.4 Å². The molecular formula is C15H22O5. The summed E-state index contributed by atoms with van der Waals surface area (Å²) in [6.45, 7) is 6.41. The highest BCUT2D eigenvalue weighted by Gasteiger charge is 2.36. The van der Waals surface area contributed by atoms with E-state index in [9.17, 15) is 4.79 Å². The molecule has 3 rings (SSSR count). The third-order valence-corrected chi connectivity index (χ3v) is 4.15. The topological polar surface area (TPSA) is 60.6 Å². The summed E-state index contributed by atoms with van der Waals surface area (Å²) in [5, 5.41) is 0. The van der Waals surface area contributed by atoms with Crippen LogP contribution in [-0.4, -0.2) is 44.6 Å². The molecule has 4 unspecified atom stereocenters. The lowest BCUT2D eigenvalue weighted by Crippen LogP contribution is -2.31. The molecule has 0 radical (unpaired) electrons. The SMILES string of the molecule is C=C(OCC1CO1)C1CCCCC1C(=O)OCC1CO1. The number of carbonyl (C=O) groups is 1. The van der Waals surface area contributed by atoms with E-state index in [1.165, 1.54) is 0 Å². The summed E-state index contributed by atoms with van der Waals surface area (Å²) < 4.78 is 21.2. The zero-order valence-corrected chi connectivity index (χ0v) is 11.7. The Balaban J connectivity index is 1.50. The largest absolute Gasteiger partial charge is 0.495 e. The van der Waals surface area contributed by atoms with Crippen molar-refractivity contribution in [2.45, 2.75) is 37.9 Å². The Morgan fingerprint density at radius 2 is 1.55 bits per heavy atom. The molecule has 0 aromatic rings. The number of rotatable bonds is 7. The number of esters is 1. The fourth-order valence-corrected chi connectivity index (χ4v) is 2.72. The van der Waals surface area contributed by atoms with Gasteiger partial charge in [-0.25, -0.2) is 0 Å². The van der Waals surface area contributed by atoms with Gasteiger partial charge in [0.05, 0.1) is 24.9 Å². The van der Waals surface area contributed by atoms with Gasteiger partial charge in [0.15, 0.2) is 0 Å². The third-order valence-electron chi connectivity index (χ3n) is 4.15. The normalized spacial score (nSPS) is 35.2. The number of epoxide rings is 2. The van der Waals surface area contributed by atoms with Crippen LogP contribution in [0.15, 0.2) is 12.3 Å². The van der Waals surface area contributed by atoms with Crippen molar-refractivity contribution in [2.24, 2.45) is 11.8 Å². The Hall–Kier alpha value is -1.07. The molecule has 20 heavy (non-hydrogen) atoms. The first-order chi connectivity index (χ1) is 9.74. The monoisotopic (exact) mass is 282 g/mol. The Kier molecular flexibility index (Phi) is 4.27. The van der Waals surface area contributed by atoms with Gasteiger partial charge in [0.2, 0.25) is 0 Å². The molecule has 4 atom stereocenters. The van der Waals surface area contributed by atoms with Crippen LogP contribution in [0, 0.1) is 11.8 Å². The van der Waals surface area contributed by atoms with Crippen molar-refractivity contribution >= 4 is 5.97 Å². The fraction of sp³-hybridized carbons (Fsp3) is 0.800. The fourth-order valence-electron chi connectivity index (χ4n) is 2.72. The van der Waals surface area contributed by atoms with Gasteiger partial charge in [0.25, 0.3) is 0 Å². The molecule has 5 nitrogen and oxygen atoms in total. The summed E-state index contributed by atoms with van der Waals surface area (Å²) in [6.07, 6.45) is 4.32. The second-order valence-corrected chi connectivity index (χ2v) is 5.82. The summed E-state index contributed by atoms with van der Waals surface area (Å²) in [7, 11) is 0. The molecule has 1 aliphatic carbocycles. The van der Waals surface area contributed by atoms with Crippen LogP contribution >= 0.6 is 0 Å². The quantitative estimate of drug-likeness (QED) is 0.404. The number of carbonyl (C=O) groups excluding carboxylic acids is 1. The van der Waals surface area contributed by atoms with E-state index < -0.39 is 0 Å². The molecule has 2 saturated heterocycles. The molecule has 2 aliphatic heterocycles. The molecule has 0 N–H and O–H groups in total. The second-order valence-electron chi connectivity index (χ2n) is 5.82. The van der Waals surface area contributed by atoms with Crippen LogP contribution < -0.4 is 0 Å². The molecule has 3 aliphatic rings. The Labute approximate surface area is 119 Å². The summed E-state index contributed by atoms with van der Waals surface area (Å²) >= 11 is 0. The van der Waals surface area contributed by atoms with Gasteiger partial charge in [0, 0.05) is 5.92 Å². The summed E-state index contributed by atoms with van der Waals surface area (Å²) in [6, 6.07) is 0. The molecule has 0 amide bonds. The average Bonchev–Trinajstić information content (AvgIpc) is 3.36. The van der Waals surface area contributed by atoms with Crippen LogP contribution in [0.2, 0.25) is 0 Å². The predicted octanol–water partition coefficient (Wildman–Crippen LogP) is 1.66. The maximum Gasteiger partial charge on any atom is 0.309 e.